The van der Waals surface area contributed by atoms with Gasteiger partial charge in [-0.2, -0.15) is 5.10 Å². The molecule has 0 fully saturated rings. The van der Waals surface area contributed by atoms with Crippen LogP contribution in [0.15, 0.2) is 55.2 Å². The van der Waals surface area contributed by atoms with Gasteiger partial charge in [-0.3, -0.25) is 14.6 Å². The van der Waals surface area contributed by atoms with Crippen molar-refractivity contribution < 1.29 is 9.59 Å². The molecule has 0 saturated heterocycles. The Morgan fingerprint density at radius 2 is 1.81 bits per heavy atom. The minimum absolute atomic E-state index is 0.144. The van der Waals surface area contributed by atoms with E-state index < -0.39 is 6.04 Å². The van der Waals surface area contributed by atoms with Gasteiger partial charge in [0.1, 0.15) is 18.7 Å². The molecule has 0 aliphatic rings. The Bertz CT molecular complexity index is 910. The normalized spacial score (nSPS) is 11.6. The number of halogens is 1. The number of benzene rings is 1. The van der Waals surface area contributed by atoms with E-state index in [4.69, 9.17) is 11.6 Å². The number of carbonyl (C=O) groups excluding carboxylic acids is 2. The second kappa shape index (κ2) is 8.41. The average molecular weight is 385 g/mol. The van der Waals surface area contributed by atoms with Gasteiger partial charge < -0.3 is 10.6 Å². The molecule has 9 heteroatoms. The molecule has 0 radical (unpaired) electrons. The average Bonchev–Trinajstić information content (AvgIpc) is 3.19. The molecule has 0 aliphatic heterocycles. The molecule has 1 atom stereocenters. The van der Waals surface area contributed by atoms with Crippen molar-refractivity contribution in [2.24, 2.45) is 0 Å². The lowest BCUT2D eigenvalue weighted by atomic mass is 10.2. The van der Waals surface area contributed by atoms with Crippen LogP contribution in [0.1, 0.15) is 18.7 Å². The standard InChI is InChI=1S/C18H17ClN6O2/c1-12(25-11-20-10-22-25)18(27)24-15-6-4-14(5-7-15)23-17(26)8-16-3-2-13(19)9-21-16/h2-7,9-12H,8H2,1H3,(H,23,26)(H,24,27). The van der Waals surface area contributed by atoms with E-state index in [9.17, 15) is 9.59 Å². The summed E-state index contributed by atoms with van der Waals surface area (Å²) in [5.41, 5.74) is 1.86. The van der Waals surface area contributed by atoms with Gasteiger partial charge in [0.05, 0.1) is 11.4 Å². The van der Waals surface area contributed by atoms with Crippen LogP contribution in [0, 0.1) is 0 Å². The van der Waals surface area contributed by atoms with Gasteiger partial charge in [-0.1, -0.05) is 11.6 Å². The number of aromatic nitrogens is 4. The summed E-state index contributed by atoms with van der Waals surface area (Å²) in [4.78, 5) is 32.2. The summed E-state index contributed by atoms with van der Waals surface area (Å²) in [7, 11) is 0. The molecule has 1 aromatic carbocycles. The van der Waals surface area contributed by atoms with Crippen LogP contribution < -0.4 is 10.6 Å². The molecule has 0 saturated carbocycles. The van der Waals surface area contributed by atoms with E-state index >= 15 is 0 Å². The molecule has 0 aliphatic carbocycles. The van der Waals surface area contributed by atoms with Crippen LogP contribution in [-0.4, -0.2) is 31.6 Å². The molecule has 0 bridgehead atoms. The smallest absolute Gasteiger partial charge is 0.249 e. The Hall–Kier alpha value is -3.26. The summed E-state index contributed by atoms with van der Waals surface area (Å²) in [6.45, 7) is 1.73. The van der Waals surface area contributed by atoms with E-state index in [-0.39, 0.29) is 18.2 Å². The summed E-state index contributed by atoms with van der Waals surface area (Å²) in [6.07, 6.45) is 4.51. The number of rotatable bonds is 6. The quantitative estimate of drug-likeness (QED) is 0.680. The van der Waals surface area contributed by atoms with Gasteiger partial charge in [0, 0.05) is 23.3 Å². The summed E-state index contributed by atoms with van der Waals surface area (Å²) in [5, 5.41) is 10.0. The van der Waals surface area contributed by atoms with Gasteiger partial charge in [0.2, 0.25) is 11.8 Å². The number of carbonyl (C=O) groups is 2. The fourth-order valence-electron chi connectivity index (χ4n) is 2.30. The second-order valence-corrected chi connectivity index (χ2v) is 6.25. The molecule has 1 unspecified atom stereocenters. The number of nitrogens with zero attached hydrogens (tertiary/aromatic N) is 4. The zero-order chi connectivity index (χ0) is 19.2. The second-order valence-electron chi connectivity index (χ2n) is 5.81. The fraction of sp³-hybridized carbons (Fsp3) is 0.167. The molecule has 2 N–H and O–H groups in total. The van der Waals surface area contributed by atoms with Crippen molar-refractivity contribution in [3.05, 3.63) is 66.0 Å². The Morgan fingerprint density at radius 3 is 2.41 bits per heavy atom. The number of nitrogens with one attached hydrogen (secondary N) is 2. The topological polar surface area (TPSA) is 102 Å². The highest BCUT2D eigenvalue weighted by Gasteiger charge is 2.15. The highest BCUT2D eigenvalue weighted by Crippen LogP contribution is 2.16. The van der Waals surface area contributed by atoms with Crippen LogP contribution >= 0.6 is 11.6 Å². The highest BCUT2D eigenvalue weighted by molar-refractivity contribution is 6.30. The molecule has 2 amide bonds. The van der Waals surface area contributed by atoms with Crippen molar-refractivity contribution >= 4 is 34.8 Å². The minimum Gasteiger partial charge on any atom is -0.326 e. The maximum Gasteiger partial charge on any atom is 0.249 e. The first-order chi connectivity index (χ1) is 13.0. The van der Waals surface area contributed by atoms with E-state index in [1.54, 1.807) is 43.3 Å². The Balaban J connectivity index is 1.54. The van der Waals surface area contributed by atoms with Crippen LogP contribution in [-0.2, 0) is 16.0 Å². The van der Waals surface area contributed by atoms with Crippen molar-refractivity contribution in [1.29, 1.82) is 0 Å². The fourth-order valence-corrected chi connectivity index (χ4v) is 2.41. The third-order valence-electron chi connectivity index (χ3n) is 3.78. The third-order valence-corrected chi connectivity index (χ3v) is 4.00. The first kappa shape index (κ1) is 18.5. The van der Waals surface area contributed by atoms with Crippen LogP contribution in [0.4, 0.5) is 11.4 Å². The van der Waals surface area contributed by atoms with Crippen molar-refractivity contribution in [2.75, 3.05) is 10.6 Å². The van der Waals surface area contributed by atoms with Gasteiger partial charge in [-0.25, -0.2) is 9.67 Å². The lowest BCUT2D eigenvalue weighted by Gasteiger charge is -2.12. The van der Waals surface area contributed by atoms with Gasteiger partial charge in [0.25, 0.3) is 0 Å². The van der Waals surface area contributed by atoms with Crippen molar-refractivity contribution in [3.8, 4) is 0 Å². The maximum absolute atomic E-state index is 12.2. The first-order valence-corrected chi connectivity index (χ1v) is 8.54. The van der Waals surface area contributed by atoms with E-state index in [1.165, 1.54) is 23.5 Å². The maximum atomic E-state index is 12.2. The third kappa shape index (κ3) is 5.11. The molecule has 138 valence electrons. The van der Waals surface area contributed by atoms with E-state index in [0.717, 1.165) is 0 Å². The minimum atomic E-state index is -0.487. The Kier molecular flexibility index (Phi) is 5.77. The number of anilines is 2. The molecule has 0 spiro atoms. The molecule has 27 heavy (non-hydrogen) atoms. The monoisotopic (exact) mass is 384 g/mol. The summed E-state index contributed by atoms with van der Waals surface area (Å²) >= 11 is 5.78. The number of amides is 2. The largest absolute Gasteiger partial charge is 0.326 e. The van der Waals surface area contributed by atoms with Gasteiger partial charge in [-0.05, 0) is 43.3 Å². The van der Waals surface area contributed by atoms with Crippen molar-refractivity contribution in [1.82, 2.24) is 19.7 Å². The van der Waals surface area contributed by atoms with Crippen LogP contribution in [0.3, 0.4) is 0 Å². The Labute approximate surface area is 160 Å². The number of hydrogen-bond acceptors (Lipinski definition) is 5. The van der Waals surface area contributed by atoms with Crippen LogP contribution in [0.25, 0.3) is 0 Å². The molecule has 3 aromatic rings. The Morgan fingerprint density at radius 1 is 1.11 bits per heavy atom. The predicted octanol–water partition coefficient (Wildman–Crippen LogP) is 2.71. The van der Waals surface area contributed by atoms with Gasteiger partial charge >= 0.3 is 0 Å². The lowest BCUT2D eigenvalue weighted by molar-refractivity contribution is -0.119. The van der Waals surface area contributed by atoms with Crippen molar-refractivity contribution in [3.63, 3.8) is 0 Å². The molecule has 2 aromatic heterocycles. The molecule has 3 rings (SSSR count). The zero-order valence-electron chi connectivity index (χ0n) is 14.5. The lowest BCUT2D eigenvalue weighted by Crippen LogP contribution is -2.24. The SMILES string of the molecule is CC(C(=O)Nc1ccc(NC(=O)Cc2ccc(Cl)cn2)cc1)n1cncn1. The van der Waals surface area contributed by atoms with E-state index in [0.29, 0.717) is 22.1 Å². The summed E-state index contributed by atoms with van der Waals surface area (Å²) in [5.74, 6) is -0.410. The number of hydrogen-bond donors (Lipinski definition) is 2. The summed E-state index contributed by atoms with van der Waals surface area (Å²) in [6, 6.07) is 9.75. The predicted molar refractivity (Wildman–Crippen MR) is 101 cm³/mol. The van der Waals surface area contributed by atoms with Gasteiger partial charge in [-0.15, -0.1) is 0 Å². The van der Waals surface area contributed by atoms with Crippen LogP contribution in [0.5, 0.6) is 0 Å². The van der Waals surface area contributed by atoms with Gasteiger partial charge in [0.15, 0.2) is 0 Å². The first-order valence-electron chi connectivity index (χ1n) is 8.16. The number of pyridine rings is 1. The summed E-state index contributed by atoms with van der Waals surface area (Å²) < 4.78 is 1.47. The van der Waals surface area contributed by atoms with E-state index in [2.05, 4.69) is 25.7 Å². The van der Waals surface area contributed by atoms with E-state index in [1.807, 2.05) is 0 Å². The molecule has 2 heterocycles. The molecular formula is C18H17ClN6O2. The molecule has 8 nitrogen and oxygen atoms in total. The zero-order valence-corrected chi connectivity index (χ0v) is 15.2. The highest BCUT2D eigenvalue weighted by atomic mass is 35.5. The van der Waals surface area contributed by atoms with Crippen molar-refractivity contribution in [2.45, 2.75) is 19.4 Å². The molecular weight excluding hydrogens is 368 g/mol. The van der Waals surface area contributed by atoms with Crippen LogP contribution in [0.2, 0.25) is 5.02 Å².